The van der Waals surface area contributed by atoms with E-state index >= 15 is 0 Å². The Hall–Kier alpha value is -2.72. The second kappa shape index (κ2) is 7.67. The lowest BCUT2D eigenvalue weighted by Crippen LogP contribution is -2.35. The van der Waals surface area contributed by atoms with Gasteiger partial charge in [0, 0.05) is 22.8 Å². The number of ether oxygens (including phenoxy) is 1. The molecule has 4 heteroatoms. The summed E-state index contributed by atoms with van der Waals surface area (Å²) in [6, 6.07) is 25.5. The summed E-state index contributed by atoms with van der Waals surface area (Å²) in [5.74, 6) is 1.63. The van der Waals surface area contributed by atoms with E-state index in [0.29, 0.717) is 17.9 Å². The molecule has 0 bridgehead atoms. The van der Waals surface area contributed by atoms with E-state index in [1.54, 1.807) is 11.8 Å². The molecule has 0 fully saturated rings. The van der Waals surface area contributed by atoms with Crippen molar-refractivity contribution in [3.8, 4) is 5.75 Å². The number of hydrogen-bond acceptors (Lipinski definition) is 3. The molecular weight excluding hydrogens is 342 g/mol. The van der Waals surface area contributed by atoms with Crippen LogP contribution in [0.1, 0.15) is 15.9 Å². The first-order chi connectivity index (χ1) is 12.8. The van der Waals surface area contributed by atoms with E-state index in [9.17, 15) is 4.79 Å². The maximum atomic E-state index is 13.1. The van der Waals surface area contributed by atoms with Crippen LogP contribution in [0.5, 0.6) is 5.75 Å². The van der Waals surface area contributed by atoms with Crippen LogP contribution in [0.4, 0.5) is 5.69 Å². The fourth-order valence-corrected chi connectivity index (χ4v) is 3.99. The molecule has 26 heavy (non-hydrogen) atoms. The maximum absolute atomic E-state index is 13.1. The van der Waals surface area contributed by atoms with E-state index < -0.39 is 0 Å². The van der Waals surface area contributed by atoms with Gasteiger partial charge in [-0.15, -0.1) is 11.8 Å². The lowest BCUT2D eigenvalue weighted by molar-refractivity contribution is 0.0987. The molecule has 0 saturated carbocycles. The number of benzene rings is 3. The van der Waals surface area contributed by atoms with Gasteiger partial charge in [-0.25, -0.2) is 0 Å². The zero-order valence-electron chi connectivity index (χ0n) is 14.3. The van der Waals surface area contributed by atoms with Crippen molar-refractivity contribution >= 4 is 23.4 Å². The van der Waals surface area contributed by atoms with Gasteiger partial charge in [0.15, 0.2) is 0 Å². The summed E-state index contributed by atoms with van der Waals surface area (Å²) in [7, 11) is 0. The topological polar surface area (TPSA) is 29.5 Å². The molecule has 1 aliphatic heterocycles. The minimum absolute atomic E-state index is 0.0166. The number of rotatable bonds is 4. The molecular formula is C22H19NO2S. The Bertz CT molecular complexity index is 911. The van der Waals surface area contributed by atoms with Crippen molar-refractivity contribution in [2.75, 3.05) is 17.2 Å². The normalized spacial score (nSPS) is 13.2. The van der Waals surface area contributed by atoms with Crippen molar-refractivity contribution in [3.63, 3.8) is 0 Å². The van der Waals surface area contributed by atoms with E-state index in [1.165, 1.54) is 0 Å². The largest absolute Gasteiger partial charge is 0.489 e. The van der Waals surface area contributed by atoms with Gasteiger partial charge in [0.1, 0.15) is 12.4 Å². The zero-order valence-corrected chi connectivity index (χ0v) is 15.1. The van der Waals surface area contributed by atoms with Crippen molar-refractivity contribution in [1.82, 2.24) is 0 Å². The first-order valence-corrected chi connectivity index (χ1v) is 9.60. The molecule has 0 aromatic heterocycles. The Morgan fingerprint density at radius 2 is 1.77 bits per heavy atom. The molecule has 0 atom stereocenters. The fraction of sp³-hybridized carbons (Fsp3) is 0.136. The summed E-state index contributed by atoms with van der Waals surface area (Å²) in [4.78, 5) is 16.1. The first-order valence-electron chi connectivity index (χ1n) is 8.62. The predicted molar refractivity (Wildman–Crippen MR) is 106 cm³/mol. The highest BCUT2D eigenvalue weighted by Gasteiger charge is 2.23. The molecule has 3 aromatic rings. The highest BCUT2D eigenvalue weighted by Crippen LogP contribution is 2.35. The van der Waals surface area contributed by atoms with E-state index in [1.807, 2.05) is 77.7 Å². The molecule has 0 spiro atoms. The van der Waals surface area contributed by atoms with Crippen LogP contribution in [0.25, 0.3) is 0 Å². The molecule has 1 aliphatic rings. The number of fused-ring (bicyclic) bond motifs is 1. The number of hydrogen-bond donors (Lipinski definition) is 0. The van der Waals surface area contributed by atoms with Gasteiger partial charge in [-0.2, -0.15) is 0 Å². The second-order valence-corrected chi connectivity index (χ2v) is 7.21. The van der Waals surface area contributed by atoms with Gasteiger partial charge in [-0.05, 0) is 35.9 Å². The molecule has 1 heterocycles. The lowest BCUT2D eigenvalue weighted by Gasteiger charge is -2.29. The summed E-state index contributed by atoms with van der Waals surface area (Å²) in [6.07, 6.45) is 0. The Labute approximate surface area is 157 Å². The second-order valence-electron chi connectivity index (χ2n) is 6.08. The average molecular weight is 361 g/mol. The summed E-state index contributed by atoms with van der Waals surface area (Å²) >= 11 is 1.80. The Morgan fingerprint density at radius 3 is 2.65 bits per heavy atom. The Morgan fingerprint density at radius 1 is 0.962 bits per heavy atom. The number of carbonyl (C=O) groups excluding carboxylic acids is 1. The first kappa shape index (κ1) is 16.7. The van der Waals surface area contributed by atoms with Gasteiger partial charge >= 0.3 is 0 Å². The number of para-hydroxylation sites is 1. The maximum Gasteiger partial charge on any atom is 0.258 e. The third kappa shape index (κ3) is 3.60. The number of thioether (sulfide) groups is 1. The number of anilines is 1. The molecule has 0 aliphatic carbocycles. The summed E-state index contributed by atoms with van der Waals surface area (Å²) < 4.78 is 5.86. The molecule has 0 unspecified atom stereocenters. The van der Waals surface area contributed by atoms with E-state index in [-0.39, 0.29) is 5.91 Å². The standard InChI is InChI=1S/C22H19NO2S/c24-22(23-13-14-26-21-12-5-4-11-20(21)23)18-9-6-10-19(15-18)25-16-17-7-2-1-3-8-17/h1-12,15H,13-14,16H2. The van der Waals surface area contributed by atoms with Crippen molar-refractivity contribution in [2.45, 2.75) is 11.5 Å². The summed E-state index contributed by atoms with van der Waals surface area (Å²) in [6.45, 7) is 1.21. The third-order valence-corrected chi connectivity index (χ3v) is 5.35. The molecule has 3 nitrogen and oxygen atoms in total. The zero-order chi connectivity index (χ0) is 17.8. The SMILES string of the molecule is O=C(c1cccc(OCc2ccccc2)c1)N1CCSc2ccccc21. The van der Waals surface area contributed by atoms with Crippen molar-refractivity contribution in [2.24, 2.45) is 0 Å². The van der Waals surface area contributed by atoms with Crippen LogP contribution in [0.3, 0.4) is 0 Å². The van der Waals surface area contributed by atoms with Gasteiger partial charge in [-0.3, -0.25) is 4.79 Å². The van der Waals surface area contributed by atoms with Crippen LogP contribution < -0.4 is 9.64 Å². The molecule has 3 aromatic carbocycles. The summed E-state index contributed by atoms with van der Waals surface area (Å²) in [5, 5.41) is 0. The number of nitrogens with zero attached hydrogens (tertiary/aromatic N) is 1. The summed E-state index contributed by atoms with van der Waals surface area (Å²) in [5.41, 5.74) is 2.74. The molecule has 0 saturated heterocycles. The highest BCUT2D eigenvalue weighted by atomic mass is 32.2. The fourth-order valence-electron chi connectivity index (χ4n) is 3.00. The predicted octanol–water partition coefficient (Wildman–Crippen LogP) is 5.02. The number of amides is 1. The van der Waals surface area contributed by atoms with Crippen LogP contribution in [0.2, 0.25) is 0 Å². The van der Waals surface area contributed by atoms with Crippen molar-refractivity contribution in [1.29, 1.82) is 0 Å². The van der Waals surface area contributed by atoms with Gasteiger partial charge in [-0.1, -0.05) is 48.5 Å². The van der Waals surface area contributed by atoms with Gasteiger partial charge in [0.05, 0.1) is 5.69 Å². The monoisotopic (exact) mass is 361 g/mol. The molecule has 130 valence electrons. The van der Waals surface area contributed by atoms with Gasteiger partial charge in [0.2, 0.25) is 0 Å². The van der Waals surface area contributed by atoms with E-state index in [4.69, 9.17) is 4.74 Å². The van der Waals surface area contributed by atoms with Crippen LogP contribution in [0, 0.1) is 0 Å². The highest BCUT2D eigenvalue weighted by molar-refractivity contribution is 7.99. The van der Waals surface area contributed by atoms with E-state index in [0.717, 1.165) is 28.4 Å². The molecule has 4 rings (SSSR count). The van der Waals surface area contributed by atoms with Crippen LogP contribution in [0.15, 0.2) is 83.8 Å². The quantitative estimate of drug-likeness (QED) is 0.654. The van der Waals surface area contributed by atoms with Gasteiger partial charge < -0.3 is 9.64 Å². The smallest absolute Gasteiger partial charge is 0.258 e. The minimum Gasteiger partial charge on any atom is -0.489 e. The van der Waals surface area contributed by atoms with Crippen LogP contribution >= 0.6 is 11.8 Å². The number of carbonyl (C=O) groups is 1. The molecule has 1 amide bonds. The van der Waals surface area contributed by atoms with Crippen molar-refractivity contribution in [3.05, 3.63) is 90.0 Å². The van der Waals surface area contributed by atoms with E-state index in [2.05, 4.69) is 6.07 Å². The Kier molecular flexibility index (Phi) is 4.93. The lowest BCUT2D eigenvalue weighted by atomic mass is 10.1. The molecule has 0 N–H and O–H groups in total. The average Bonchev–Trinajstić information content (AvgIpc) is 2.72. The Balaban J connectivity index is 1.52. The van der Waals surface area contributed by atoms with Crippen LogP contribution in [-0.4, -0.2) is 18.2 Å². The van der Waals surface area contributed by atoms with Crippen molar-refractivity contribution < 1.29 is 9.53 Å². The van der Waals surface area contributed by atoms with Gasteiger partial charge in [0.25, 0.3) is 5.91 Å². The minimum atomic E-state index is 0.0166. The van der Waals surface area contributed by atoms with Crippen LogP contribution in [-0.2, 0) is 6.61 Å². The third-order valence-electron chi connectivity index (χ3n) is 4.30. The molecule has 0 radical (unpaired) electrons.